The van der Waals surface area contributed by atoms with Crippen molar-refractivity contribution in [3.8, 4) is 0 Å². The Balaban J connectivity index is 1.76. The van der Waals surface area contributed by atoms with Gasteiger partial charge in [0.15, 0.2) is 0 Å². The molecule has 0 aliphatic heterocycles. The fraction of sp³-hybridized carbons (Fsp3) is 0.167. The van der Waals surface area contributed by atoms with Crippen LogP contribution >= 0.6 is 0 Å². The lowest BCUT2D eigenvalue weighted by molar-refractivity contribution is 0.219. The first kappa shape index (κ1) is 19.7. The molecule has 160 valence electrons. The molecule has 0 bridgehead atoms. The SMILES string of the molecule is O=c1cc([C@H]2[C@H](c3ccccc3)[C@@H](c3cc(=O)[nH]c(=O)[nH]3)[C@H]2c2ccccc2)[nH]c(=O)[nH]1. The summed E-state index contributed by atoms with van der Waals surface area (Å²) in [5.74, 6) is -0.863. The van der Waals surface area contributed by atoms with Crippen LogP contribution in [0.3, 0.4) is 0 Å². The molecule has 0 spiro atoms. The molecule has 0 unspecified atom stereocenters. The molecule has 2 aromatic carbocycles. The van der Waals surface area contributed by atoms with Gasteiger partial charge in [-0.2, -0.15) is 0 Å². The van der Waals surface area contributed by atoms with E-state index in [1.165, 1.54) is 12.1 Å². The third-order valence-corrected chi connectivity index (χ3v) is 6.20. The van der Waals surface area contributed by atoms with Crippen molar-refractivity contribution in [1.82, 2.24) is 19.9 Å². The Labute approximate surface area is 181 Å². The molecule has 4 aromatic rings. The molecule has 32 heavy (non-hydrogen) atoms. The van der Waals surface area contributed by atoms with Gasteiger partial charge in [0.25, 0.3) is 11.1 Å². The molecule has 2 aromatic heterocycles. The van der Waals surface area contributed by atoms with Crippen molar-refractivity contribution in [2.24, 2.45) is 0 Å². The maximum Gasteiger partial charge on any atom is 0.325 e. The molecule has 5 rings (SSSR count). The zero-order valence-corrected chi connectivity index (χ0v) is 16.9. The second-order valence-electron chi connectivity index (χ2n) is 8.01. The van der Waals surface area contributed by atoms with E-state index in [2.05, 4.69) is 19.9 Å². The zero-order chi connectivity index (χ0) is 22.2. The molecule has 0 amide bonds. The maximum atomic E-state index is 12.1. The van der Waals surface area contributed by atoms with Crippen LogP contribution < -0.4 is 22.5 Å². The predicted molar refractivity (Wildman–Crippen MR) is 119 cm³/mol. The van der Waals surface area contributed by atoms with Crippen LogP contribution in [0.5, 0.6) is 0 Å². The molecule has 8 heteroatoms. The molecule has 2 heterocycles. The molecule has 0 saturated heterocycles. The Morgan fingerprint density at radius 3 is 1.19 bits per heavy atom. The molecule has 0 radical (unpaired) electrons. The van der Waals surface area contributed by atoms with Crippen molar-refractivity contribution < 1.29 is 0 Å². The fourth-order valence-electron chi connectivity index (χ4n) is 5.04. The highest BCUT2D eigenvalue weighted by atomic mass is 16.2. The van der Waals surface area contributed by atoms with Gasteiger partial charge in [0.2, 0.25) is 0 Å². The van der Waals surface area contributed by atoms with Gasteiger partial charge in [0.05, 0.1) is 0 Å². The minimum absolute atomic E-state index is 0.184. The summed E-state index contributed by atoms with van der Waals surface area (Å²) in [6.07, 6.45) is 0. The normalized spacial score (nSPS) is 22.2. The lowest BCUT2D eigenvalue weighted by atomic mass is 9.50. The van der Waals surface area contributed by atoms with Crippen molar-refractivity contribution >= 4 is 0 Å². The average molecular weight is 428 g/mol. The van der Waals surface area contributed by atoms with Crippen LogP contribution in [0.1, 0.15) is 46.2 Å². The van der Waals surface area contributed by atoms with Gasteiger partial charge in [0, 0.05) is 47.2 Å². The first-order chi connectivity index (χ1) is 15.5. The second kappa shape index (κ2) is 7.81. The lowest BCUT2D eigenvalue weighted by Crippen LogP contribution is -2.43. The van der Waals surface area contributed by atoms with Gasteiger partial charge in [-0.3, -0.25) is 19.6 Å². The molecule has 1 saturated carbocycles. The Morgan fingerprint density at radius 2 is 0.844 bits per heavy atom. The van der Waals surface area contributed by atoms with E-state index in [0.29, 0.717) is 11.4 Å². The summed E-state index contributed by atoms with van der Waals surface area (Å²) in [7, 11) is 0. The van der Waals surface area contributed by atoms with Crippen LogP contribution in [0.2, 0.25) is 0 Å². The molecule has 1 aliphatic carbocycles. The Morgan fingerprint density at radius 1 is 0.469 bits per heavy atom. The first-order valence-corrected chi connectivity index (χ1v) is 10.3. The second-order valence-corrected chi connectivity index (χ2v) is 8.01. The van der Waals surface area contributed by atoms with Crippen molar-refractivity contribution in [2.75, 3.05) is 0 Å². The first-order valence-electron chi connectivity index (χ1n) is 10.3. The van der Waals surface area contributed by atoms with Crippen molar-refractivity contribution in [1.29, 1.82) is 0 Å². The van der Waals surface area contributed by atoms with Crippen LogP contribution in [-0.4, -0.2) is 19.9 Å². The topological polar surface area (TPSA) is 131 Å². The number of aromatic amines is 4. The maximum absolute atomic E-state index is 12.1. The lowest BCUT2D eigenvalue weighted by Gasteiger charge is -2.52. The van der Waals surface area contributed by atoms with E-state index in [0.717, 1.165) is 11.1 Å². The van der Waals surface area contributed by atoms with Crippen LogP contribution in [0.4, 0.5) is 0 Å². The highest BCUT2D eigenvalue weighted by Crippen LogP contribution is 2.65. The minimum Gasteiger partial charge on any atom is -0.311 e. The van der Waals surface area contributed by atoms with Crippen LogP contribution in [0.15, 0.2) is 92.0 Å². The highest BCUT2D eigenvalue weighted by Gasteiger charge is 2.53. The molecular weight excluding hydrogens is 408 g/mol. The van der Waals surface area contributed by atoms with Gasteiger partial charge in [-0.15, -0.1) is 0 Å². The monoisotopic (exact) mass is 428 g/mol. The smallest absolute Gasteiger partial charge is 0.311 e. The number of aromatic nitrogens is 4. The van der Waals surface area contributed by atoms with E-state index >= 15 is 0 Å². The molecule has 1 fully saturated rings. The standard InChI is InChI=1S/C24H20N4O4/c29-17-11-15(25-23(31)27-17)21-19(13-7-3-1-4-8-13)22(16-12-18(30)28-24(32)26-16)20(21)14-9-5-2-6-10-14/h1-12,19-22H,(H2,25,27,29,31)(H2,26,28,30,32)/t19-,20-,21-,22+. The van der Waals surface area contributed by atoms with Crippen molar-refractivity contribution in [2.45, 2.75) is 23.7 Å². The largest absolute Gasteiger partial charge is 0.325 e. The molecular formula is C24H20N4O4. The molecule has 1 aliphatic rings. The summed E-state index contributed by atoms with van der Waals surface area (Å²) >= 11 is 0. The third-order valence-electron chi connectivity index (χ3n) is 6.20. The predicted octanol–water partition coefficient (Wildman–Crippen LogP) is 1.89. The number of rotatable bonds is 4. The van der Waals surface area contributed by atoms with Gasteiger partial charge in [-0.25, -0.2) is 9.59 Å². The highest BCUT2D eigenvalue weighted by molar-refractivity contribution is 5.44. The minimum atomic E-state index is -0.570. The Kier molecular flexibility index (Phi) is 4.82. The number of hydrogen-bond donors (Lipinski definition) is 4. The summed E-state index contributed by atoms with van der Waals surface area (Å²) in [5.41, 5.74) is 0.910. The third kappa shape index (κ3) is 3.45. The van der Waals surface area contributed by atoms with Gasteiger partial charge in [-0.1, -0.05) is 60.7 Å². The van der Waals surface area contributed by atoms with E-state index in [1.807, 2.05) is 60.7 Å². The quantitative estimate of drug-likeness (QED) is 0.395. The summed E-state index contributed by atoms with van der Waals surface area (Å²) in [6, 6.07) is 22.2. The van der Waals surface area contributed by atoms with E-state index in [4.69, 9.17) is 0 Å². The average Bonchev–Trinajstić information content (AvgIpc) is 2.73. The number of benzene rings is 2. The van der Waals surface area contributed by atoms with Gasteiger partial charge >= 0.3 is 11.4 Å². The van der Waals surface area contributed by atoms with E-state index in [1.54, 1.807) is 0 Å². The zero-order valence-electron chi connectivity index (χ0n) is 16.9. The van der Waals surface area contributed by atoms with Gasteiger partial charge < -0.3 is 9.97 Å². The van der Waals surface area contributed by atoms with Crippen LogP contribution in [-0.2, 0) is 0 Å². The number of hydrogen-bond acceptors (Lipinski definition) is 4. The van der Waals surface area contributed by atoms with Crippen molar-refractivity contribution in [3.05, 3.63) is 137 Å². The Hall–Kier alpha value is -4.20. The van der Waals surface area contributed by atoms with Gasteiger partial charge in [0.1, 0.15) is 0 Å². The summed E-state index contributed by atoms with van der Waals surface area (Å²) in [6.45, 7) is 0. The van der Waals surface area contributed by atoms with E-state index in [-0.39, 0.29) is 23.7 Å². The Bertz CT molecular complexity index is 1300. The van der Waals surface area contributed by atoms with Gasteiger partial charge in [-0.05, 0) is 11.1 Å². The van der Waals surface area contributed by atoms with Crippen molar-refractivity contribution in [3.63, 3.8) is 0 Å². The van der Waals surface area contributed by atoms with Crippen LogP contribution in [0, 0.1) is 0 Å². The van der Waals surface area contributed by atoms with E-state index < -0.39 is 22.5 Å². The molecule has 0 atom stereocenters. The summed E-state index contributed by atoms with van der Waals surface area (Å²) in [5, 5.41) is 0. The number of H-pyrrole nitrogens is 4. The fourth-order valence-corrected chi connectivity index (χ4v) is 5.04. The molecule has 8 nitrogen and oxygen atoms in total. The summed E-state index contributed by atoms with van der Waals surface area (Å²) < 4.78 is 0. The van der Waals surface area contributed by atoms with E-state index in [9.17, 15) is 19.2 Å². The van der Waals surface area contributed by atoms with Crippen LogP contribution in [0.25, 0.3) is 0 Å². The summed E-state index contributed by atoms with van der Waals surface area (Å²) in [4.78, 5) is 58.4. The molecule has 4 N–H and O–H groups in total. The number of nitrogens with one attached hydrogen (secondary N) is 4.